The van der Waals surface area contributed by atoms with E-state index in [0.717, 1.165) is 10.7 Å². The highest BCUT2D eigenvalue weighted by Gasteiger charge is 2.11. The number of nitrogens with one attached hydrogen (secondary N) is 1. The average molecular weight is 292 g/mol. The minimum atomic E-state index is -0.168. The Labute approximate surface area is 121 Å². The van der Waals surface area contributed by atoms with Crippen LogP contribution < -0.4 is 14.8 Å². The van der Waals surface area contributed by atoms with Crippen LogP contribution in [0.4, 0.5) is 0 Å². The predicted molar refractivity (Wildman–Crippen MR) is 77.6 cm³/mol. The van der Waals surface area contributed by atoms with Crippen LogP contribution in [-0.4, -0.2) is 25.1 Å². The summed E-state index contributed by atoms with van der Waals surface area (Å²) < 4.78 is 10.3. The number of aromatic nitrogens is 1. The van der Waals surface area contributed by atoms with E-state index in [9.17, 15) is 4.79 Å². The van der Waals surface area contributed by atoms with Gasteiger partial charge in [-0.1, -0.05) is 0 Å². The van der Waals surface area contributed by atoms with Gasteiger partial charge < -0.3 is 14.8 Å². The van der Waals surface area contributed by atoms with Gasteiger partial charge in [0.05, 0.1) is 20.8 Å². The smallest absolute Gasteiger partial charge is 0.251 e. The van der Waals surface area contributed by atoms with Crippen LogP contribution in [0.1, 0.15) is 21.1 Å². The molecule has 20 heavy (non-hydrogen) atoms. The number of hydrogen-bond donors (Lipinski definition) is 1. The Morgan fingerprint density at radius 3 is 2.65 bits per heavy atom. The monoisotopic (exact) mass is 292 g/mol. The molecule has 0 bridgehead atoms. The van der Waals surface area contributed by atoms with Crippen molar-refractivity contribution in [2.24, 2.45) is 0 Å². The van der Waals surface area contributed by atoms with Crippen LogP contribution in [0.25, 0.3) is 0 Å². The van der Waals surface area contributed by atoms with Crippen molar-refractivity contribution < 1.29 is 14.3 Å². The maximum Gasteiger partial charge on any atom is 0.251 e. The third kappa shape index (κ3) is 3.27. The zero-order valence-corrected chi connectivity index (χ0v) is 12.4. The summed E-state index contributed by atoms with van der Waals surface area (Å²) in [4.78, 5) is 16.4. The predicted octanol–water partition coefficient (Wildman–Crippen LogP) is 2.40. The van der Waals surface area contributed by atoms with E-state index >= 15 is 0 Å². The molecule has 1 aromatic carbocycles. The zero-order valence-electron chi connectivity index (χ0n) is 11.6. The molecule has 0 unspecified atom stereocenters. The van der Waals surface area contributed by atoms with E-state index in [2.05, 4.69) is 10.3 Å². The number of rotatable bonds is 5. The normalized spacial score (nSPS) is 10.2. The van der Waals surface area contributed by atoms with Gasteiger partial charge >= 0.3 is 0 Å². The van der Waals surface area contributed by atoms with Crippen molar-refractivity contribution >= 4 is 17.2 Å². The molecule has 2 rings (SSSR count). The van der Waals surface area contributed by atoms with Crippen LogP contribution in [0.2, 0.25) is 0 Å². The van der Waals surface area contributed by atoms with Gasteiger partial charge in [-0.2, -0.15) is 0 Å². The molecule has 6 heteroatoms. The van der Waals surface area contributed by atoms with Crippen molar-refractivity contribution in [2.45, 2.75) is 13.5 Å². The molecule has 0 saturated carbocycles. The van der Waals surface area contributed by atoms with E-state index in [1.165, 1.54) is 18.4 Å². The van der Waals surface area contributed by atoms with E-state index in [1.54, 1.807) is 25.3 Å². The summed E-state index contributed by atoms with van der Waals surface area (Å²) >= 11 is 1.53. The third-order valence-electron chi connectivity index (χ3n) is 2.71. The molecule has 1 heterocycles. The standard InChI is InChI=1S/C14H16N2O3S/c1-9-8-20-13(16-9)7-15-14(17)10-4-5-11(18-2)12(6-10)19-3/h4-6,8H,7H2,1-3H3,(H,15,17). The molecule has 2 aromatic rings. The molecule has 5 nitrogen and oxygen atoms in total. The van der Waals surface area contributed by atoms with Gasteiger partial charge in [0.1, 0.15) is 5.01 Å². The molecular weight excluding hydrogens is 276 g/mol. The van der Waals surface area contributed by atoms with Crippen LogP contribution in [0.3, 0.4) is 0 Å². The molecule has 0 aliphatic heterocycles. The number of amides is 1. The fraction of sp³-hybridized carbons (Fsp3) is 0.286. The lowest BCUT2D eigenvalue weighted by Crippen LogP contribution is -2.22. The Hall–Kier alpha value is -2.08. The number of carbonyl (C=O) groups is 1. The summed E-state index contributed by atoms with van der Waals surface area (Å²) in [5.41, 5.74) is 1.49. The van der Waals surface area contributed by atoms with E-state index in [-0.39, 0.29) is 5.91 Å². The molecule has 0 aliphatic carbocycles. The van der Waals surface area contributed by atoms with Crippen LogP contribution in [0, 0.1) is 6.92 Å². The van der Waals surface area contributed by atoms with Crippen molar-refractivity contribution in [1.29, 1.82) is 0 Å². The van der Waals surface area contributed by atoms with Gasteiger partial charge in [0, 0.05) is 16.6 Å². The number of hydrogen-bond acceptors (Lipinski definition) is 5. The molecule has 0 aliphatic rings. The summed E-state index contributed by atoms with van der Waals surface area (Å²) in [6.07, 6.45) is 0. The summed E-state index contributed by atoms with van der Waals surface area (Å²) in [6.45, 7) is 2.35. The molecular formula is C14H16N2O3S. The third-order valence-corrected chi connectivity index (χ3v) is 3.68. The van der Waals surface area contributed by atoms with Gasteiger partial charge in [-0.05, 0) is 25.1 Å². The van der Waals surface area contributed by atoms with Gasteiger partial charge in [-0.15, -0.1) is 11.3 Å². The van der Waals surface area contributed by atoms with Crippen LogP contribution >= 0.6 is 11.3 Å². The molecule has 106 valence electrons. The zero-order chi connectivity index (χ0) is 14.5. The Kier molecular flexibility index (Phi) is 4.57. The minimum absolute atomic E-state index is 0.168. The number of ether oxygens (including phenoxy) is 2. The Bertz CT molecular complexity index is 610. The summed E-state index contributed by atoms with van der Waals surface area (Å²) in [7, 11) is 3.10. The number of thiazole rings is 1. The quantitative estimate of drug-likeness (QED) is 0.919. The minimum Gasteiger partial charge on any atom is -0.493 e. The Morgan fingerprint density at radius 2 is 2.05 bits per heavy atom. The molecule has 0 atom stereocenters. The van der Waals surface area contributed by atoms with Crippen molar-refractivity contribution in [2.75, 3.05) is 14.2 Å². The van der Waals surface area contributed by atoms with E-state index in [1.807, 2.05) is 12.3 Å². The number of methoxy groups -OCH3 is 2. The fourth-order valence-electron chi connectivity index (χ4n) is 1.72. The second kappa shape index (κ2) is 6.38. The lowest BCUT2D eigenvalue weighted by Gasteiger charge is -2.09. The van der Waals surface area contributed by atoms with Crippen molar-refractivity contribution in [1.82, 2.24) is 10.3 Å². The molecule has 1 amide bonds. The first-order chi connectivity index (χ1) is 9.63. The highest BCUT2D eigenvalue weighted by Crippen LogP contribution is 2.27. The van der Waals surface area contributed by atoms with Crippen LogP contribution in [-0.2, 0) is 6.54 Å². The first-order valence-electron chi connectivity index (χ1n) is 6.05. The lowest BCUT2D eigenvalue weighted by atomic mass is 10.2. The topological polar surface area (TPSA) is 60.5 Å². The van der Waals surface area contributed by atoms with Gasteiger partial charge in [0.15, 0.2) is 11.5 Å². The summed E-state index contributed by atoms with van der Waals surface area (Å²) in [6, 6.07) is 5.06. The van der Waals surface area contributed by atoms with Gasteiger partial charge in [-0.3, -0.25) is 4.79 Å². The summed E-state index contributed by atoms with van der Waals surface area (Å²) in [5.74, 6) is 0.962. The molecule has 0 spiro atoms. The van der Waals surface area contributed by atoms with Gasteiger partial charge in [-0.25, -0.2) is 4.98 Å². The first kappa shape index (κ1) is 14.3. The van der Waals surface area contributed by atoms with E-state index in [4.69, 9.17) is 9.47 Å². The van der Waals surface area contributed by atoms with E-state index < -0.39 is 0 Å². The maximum absolute atomic E-state index is 12.1. The highest BCUT2D eigenvalue weighted by atomic mass is 32.1. The highest BCUT2D eigenvalue weighted by molar-refractivity contribution is 7.09. The molecule has 0 saturated heterocycles. The average Bonchev–Trinajstić information content (AvgIpc) is 2.89. The number of carbonyl (C=O) groups excluding carboxylic acids is 1. The molecule has 1 aromatic heterocycles. The lowest BCUT2D eigenvalue weighted by molar-refractivity contribution is 0.0950. The van der Waals surface area contributed by atoms with E-state index in [0.29, 0.717) is 23.6 Å². The maximum atomic E-state index is 12.1. The molecule has 0 fully saturated rings. The Morgan fingerprint density at radius 1 is 1.30 bits per heavy atom. The summed E-state index contributed by atoms with van der Waals surface area (Å²) in [5, 5.41) is 5.67. The number of nitrogens with zero attached hydrogens (tertiary/aromatic N) is 1. The molecule has 0 radical (unpaired) electrons. The largest absolute Gasteiger partial charge is 0.493 e. The van der Waals surface area contributed by atoms with Gasteiger partial charge in [0.25, 0.3) is 5.91 Å². The van der Waals surface area contributed by atoms with Crippen molar-refractivity contribution in [3.05, 3.63) is 39.8 Å². The number of benzene rings is 1. The van der Waals surface area contributed by atoms with Crippen molar-refractivity contribution in [3.63, 3.8) is 0 Å². The second-order valence-corrected chi connectivity index (χ2v) is 5.08. The molecule has 1 N–H and O–H groups in total. The number of aryl methyl sites for hydroxylation is 1. The van der Waals surface area contributed by atoms with Gasteiger partial charge in [0.2, 0.25) is 0 Å². The van der Waals surface area contributed by atoms with Crippen LogP contribution in [0.15, 0.2) is 23.6 Å². The Balaban J connectivity index is 2.05. The second-order valence-electron chi connectivity index (χ2n) is 4.14. The first-order valence-corrected chi connectivity index (χ1v) is 6.93. The SMILES string of the molecule is COc1ccc(C(=O)NCc2nc(C)cs2)cc1OC. The fourth-order valence-corrected chi connectivity index (χ4v) is 2.43. The van der Waals surface area contributed by atoms with Crippen molar-refractivity contribution in [3.8, 4) is 11.5 Å². The van der Waals surface area contributed by atoms with Crippen LogP contribution in [0.5, 0.6) is 11.5 Å².